The number of nitrogens with zero attached hydrogens (tertiary/aromatic N) is 2. The molecule has 19 heavy (non-hydrogen) atoms. The molecule has 0 fully saturated rings. The van der Waals surface area contributed by atoms with Gasteiger partial charge >= 0.3 is 0 Å². The molecule has 102 valence electrons. The van der Waals surface area contributed by atoms with Crippen molar-refractivity contribution in [3.8, 4) is 0 Å². The highest BCUT2D eigenvalue weighted by atomic mass is 79.9. The molecule has 0 bridgehead atoms. The number of hydrogen-bond acceptors (Lipinski definition) is 3. The van der Waals surface area contributed by atoms with Crippen LogP contribution in [0.4, 0.5) is 0 Å². The van der Waals surface area contributed by atoms with Gasteiger partial charge < -0.3 is 0 Å². The van der Waals surface area contributed by atoms with Crippen molar-refractivity contribution in [2.45, 2.75) is 26.3 Å². The summed E-state index contributed by atoms with van der Waals surface area (Å²) in [5, 5.41) is 4.37. The third-order valence-corrected chi connectivity index (χ3v) is 3.81. The van der Waals surface area contributed by atoms with Crippen molar-refractivity contribution < 1.29 is 0 Å². The Hall–Kier alpha value is -1.17. The lowest BCUT2D eigenvalue weighted by atomic mass is 9.98. The van der Waals surface area contributed by atoms with E-state index in [1.807, 2.05) is 24.7 Å². The van der Waals surface area contributed by atoms with Gasteiger partial charge in [-0.3, -0.25) is 16.0 Å². The minimum absolute atomic E-state index is 0.0860. The highest BCUT2D eigenvalue weighted by Crippen LogP contribution is 2.24. The average molecular weight is 323 g/mol. The monoisotopic (exact) mass is 322 g/mol. The minimum Gasteiger partial charge on any atom is -0.272 e. The molecular weight excluding hydrogens is 304 g/mol. The van der Waals surface area contributed by atoms with E-state index in [9.17, 15) is 0 Å². The molecule has 0 saturated heterocycles. The second-order valence-electron chi connectivity index (χ2n) is 4.82. The molecule has 0 saturated carbocycles. The van der Waals surface area contributed by atoms with Crippen molar-refractivity contribution in [2.75, 3.05) is 0 Å². The van der Waals surface area contributed by atoms with Gasteiger partial charge in [-0.2, -0.15) is 5.10 Å². The Morgan fingerprint density at radius 2 is 2.11 bits per heavy atom. The molecule has 0 spiro atoms. The van der Waals surface area contributed by atoms with Crippen LogP contribution in [0.5, 0.6) is 0 Å². The van der Waals surface area contributed by atoms with Crippen molar-refractivity contribution in [2.24, 2.45) is 12.9 Å². The standard InChI is InChI=1S/C14H19BrN4/c1-9-6-11(15)4-5-13(9)14(17-16)8-12-7-10(2)18-19(12)3/h4-7,14,17H,8,16H2,1-3H3. The van der Waals surface area contributed by atoms with Gasteiger partial charge in [-0.25, -0.2) is 0 Å². The molecule has 1 atom stereocenters. The van der Waals surface area contributed by atoms with Gasteiger partial charge in [-0.05, 0) is 43.2 Å². The third-order valence-electron chi connectivity index (χ3n) is 3.32. The van der Waals surface area contributed by atoms with Gasteiger partial charge in [0.15, 0.2) is 0 Å². The summed E-state index contributed by atoms with van der Waals surface area (Å²) < 4.78 is 2.99. The zero-order chi connectivity index (χ0) is 14.0. The van der Waals surface area contributed by atoms with Gasteiger partial charge in [0, 0.05) is 23.6 Å². The van der Waals surface area contributed by atoms with Gasteiger partial charge in [0.25, 0.3) is 0 Å². The van der Waals surface area contributed by atoms with Crippen LogP contribution >= 0.6 is 15.9 Å². The van der Waals surface area contributed by atoms with Gasteiger partial charge in [0.2, 0.25) is 0 Å². The molecule has 1 aromatic heterocycles. The van der Waals surface area contributed by atoms with E-state index in [0.29, 0.717) is 0 Å². The number of benzene rings is 1. The Labute approximate surface area is 122 Å². The van der Waals surface area contributed by atoms with Crippen LogP contribution in [0.2, 0.25) is 0 Å². The molecule has 0 aliphatic heterocycles. The summed E-state index contributed by atoms with van der Waals surface area (Å²) in [5.41, 5.74) is 7.54. The molecule has 1 unspecified atom stereocenters. The molecule has 3 N–H and O–H groups in total. The molecule has 2 rings (SSSR count). The first-order valence-electron chi connectivity index (χ1n) is 6.23. The Morgan fingerprint density at radius 3 is 2.63 bits per heavy atom. The van der Waals surface area contributed by atoms with Crippen LogP contribution in [0, 0.1) is 13.8 Å². The fraction of sp³-hybridized carbons (Fsp3) is 0.357. The molecule has 4 nitrogen and oxygen atoms in total. The van der Waals surface area contributed by atoms with Crippen molar-refractivity contribution in [3.63, 3.8) is 0 Å². The molecular formula is C14H19BrN4. The molecule has 1 aromatic carbocycles. The van der Waals surface area contributed by atoms with Crippen molar-refractivity contribution in [1.82, 2.24) is 15.2 Å². The minimum atomic E-state index is 0.0860. The predicted octanol–water partition coefficient (Wildman–Crippen LogP) is 2.55. The Morgan fingerprint density at radius 1 is 1.37 bits per heavy atom. The normalized spacial score (nSPS) is 12.7. The van der Waals surface area contributed by atoms with Gasteiger partial charge in [-0.1, -0.05) is 22.0 Å². The zero-order valence-electron chi connectivity index (χ0n) is 11.4. The largest absolute Gasteiger partial charge is 0.272 e. The lowest BCUT2D eigenvalue weighted by Gasteiger charge is -2.18. The second-order valence-corrected chi connectivity index (χ2v) is 5.74. The van der Waals surface area contributed by atoms with E-state index in [2.05, 4.69) is 51.6 Å². The van der Waals surface area contributed by atoms with E-state index in [1.54, 1.807) is 0 Å². The average Bonchev–Trinajstić information content (AvgIpc) is 2.65. The Bertz CT molecular complexity index is 577. The summed E-state index contributed by atoms with van der Waals surface area (Å²) in [5.74, 6) is 5.73. The number of halogens is 1. The van der Waals surface area contributed by atoms with E-state index >= 15 is 0 Å². The fourth-order valence-electron chi connectivity index (χ4n) is 2.35. The summed E-state index contributed by atoms with van der Waals surface area (Å²) in [6.07, 6.45) is 0.816. The molecule has 5 heteroatoms. The van der Waals surface area contributed by atoms with Crippen molar-refractivity contribution >= 4 is 15.9 Å². The van der Waals surface area contributed by atoms with E-state index in [0.717, 1.165) is 16.6 Å². The SMILES string of the molecule is Cc1cc(CC(NN)c2ccc(Br)cc2C)n(C)n1. The van der Waals surface area contributed by atoms with Crippen LogP contribution in [0.1, 0.15) is 28.6 Å². The van der Waals surface area contributed by atoms with Crippen LogP contribution in [0.25, 0.3) is 0 Å². The van der Waals surface area contributed by atoms with Gasteiger partial charge in [0.05, 0.1) is 11.7 Å². The van der Waals surface area contributed by atoms with Crippen LogP contribution in [-0.4, -0.2) is 9.78 Å². The van der Waals surface area contributed by atoms with Gasteiger partial charge in [0.1, 0.15) is 0 Å². The third kappa shape index (κ3) is 3.23. The summed E-state index contributed by atoms with van der Waals surface area (Å²) in [6, 6.07) is 8.43. The molecule has 2 aromatic rings. The van der Waals surface area contributed by atoms with Gasteiger partial charge in [-0.15, -0.1) is 0 Å². The number of nitrogens with two attached hydrogens (primary N) is 1. The Balaban J connectivity index is 2.27. The van der Waals surface area contributed by atoms with Crippen LogP contribution in [-0.2, 0) is 13.5 Å². The maximum Gasteiger partial charge on any atom is 0.0596 e. The smallest absolute Gasteiger partial charge is 0.0596 e. The first-order valence-corrected chi connectivity index (χ1v) is 7.02. The van der Waals surface area contributed by atoms with E-state index in [-0.39, 0.29) is 6.04 Å². The molecule has 0 amide bonds. The molecule has 0 radical (unpaired) electrons. The second kappa shape index (κ2) is 5.86. The summed E-state index contributed by atoms with van der Waals surface area (Å²) in [7, 11) is 1.96. The van der Waals surface area contributed by atoms with E-state index in [1.165, 1.54) is 16.8 Å². The first-order chi connectivity index (χ1) is 9.01. The van der Waals surface area contributed by atoms with Crippen LogP contribution in [0.3, 0.4) is 0 Å². The number of aromatic nitrogens is 2. The summed E-state index contributed by atoms with van der Waals surface area (Å²) >= 11 is 3.48. The first kappa shape index (κ1) is 14.2. The molecule has 1 heterocycles. The quantitative estimate of drug-likeness (QED) is 0.672. The lowest BCUT2D eigenvalue weighted by Crippen LogP contribution is -2.30. The number of rotatable bonds is 4. The maximum absolute atomic E-state index is 5.73. The predicted molar refractivity (Wildman–Crippen MR) is 80.6 cm³/mol. The van der Waals surface area contributed by atoms with Crippen molar-refractivity contribution in [1.29, 1.82) is 0 Å². The van der Waals surface area contributed by atoms with Crippen LogP contribution in [0.15, 0.2) is 28.7 Å². The topological polar surface area (TPSA) is 55.9 Å². The van der Waals surface area contributed by atoms with E-state index in [4.69, 9.17) is 5.84 Å². The lowest BCUT2D eigenvalue weighted by molar-refractivity contribution is 0.528. The summed E-state index contributed by atoms with van der Waals surface area (Å²) in [4.78, 5) is 0. The fourth-order valence-corrected chi connectivity index (χ4v) is 2.83. The highest BCUT2D eigenvalue weighted by Gasteiger charge is 2.15. The number of aryl methyl sites for hydroxylation is 3. The number of nitrogens with one attached hydrogen (secondary N) is 1. The Kier molecular flexibility index (Phi) is 4.39. The van der Waals surface area contributed by atoms with Crippen molar-refractivity contribution in [3.05, 3.63) is 51.3 Å². The highest BCUT2D eigenvalue weighted by molar-refractivity contribution is 9.10. The number of hydrazine groups is 1. The zero-order valence-corrected chi connectivity index (χ0v) is 13.0. The number of hydrogen-bond donors (Lipinski definition) is 2. The van der Waals surface area contributed by atoms with E-state index < -0.39 is 0 Å². The molecule has 0 aliphatic rings. The van der Waals surface area contributed by atoms with Crippen LogP contribution < -0.4 is 11.3 Å². The summed E-state index contributed by atoms with van der Waals surface area (Å²) in [6.45, 7) is 4.10. The molecule has 0 aliphatic carbocycles. The maximum atomic E-state index is 5.73.